The van der Waals surface area contributed by atoms with E-state index in [4.69, 9.17) is 4.74 Å². The van der Waals surface area contributed by atoms with E-state index < -0.39 is 0 Å². The first-order chi connectivity index (χ1) is 9.70. The van der Waals surface area contributed by atoms with Gasteiger partial charge in [-0.1, -0.05) is 0 Å². The van der Waals surface area contributed by atoms with Crippen molar-refractivity contribution in [2.45, 2.75) is 31.1 Å². The van der Waals surface area contributed by atoms with Crippen LogP contribution in [0.3, 0.4) is 0 Å². The Morgan fingerprint density at radius 2 is 2.05 bits per heavy atom. The van der Waals surface area contributed by atoms with Gasteiger partial charge in [-0.2, -0.15) is 11.8 Å². The lowest BCUT2D eigenvalue weighted by atomic mass is 10.1. The second kappa shape index (κ2) is 8.02. The van der Waals surface area contributed by atoms with Gasteiger partial charge in [0.15, 0.2) is 0 Å². The van der Waals surface area contributed by atoms with Gasteiger partial charge in [-0.05, 0) is 19.8 Å². The number of likely N-dealkylation sites (tertiary alicyclic amines) is 1. The number of rotatable bonds is 3. The fraction of sp³-hybridized carbons (Fsp3) is 0.846. The molecule has 0 spiro atoms. The van der Waals surface area contributed by atoms with Crippen molar-refractivity contribution in [3.8, 4) is 0 Å². The number of amides is 2. The molecule has 2 heterocycles. The molecule has 0 aromatic carbocycles. The van der Waals surface area contributed by atoms with E-state index in [0.717, 1.165) is 30.1 Å². The quantitative estimate of drug-likeness (QED) is 0.856. The van der Waals surface area contributed by atoms with Crippen molar-refractivity contribution >= 4 is 35.5 Å². The molecule has 5 nitrogen and oxygen atoms in total. The average Bonchev–Trinajstić information content (AvgIpc) is 2.49. The highest BCUT2D eigenvalue weighted by Crippen LogP contribution is 2.24. The Morgan fingerprint density at radius 3 is 2.65 bits per heavy atom. The molecule has 114 valence electrons. The fourth-order valence-electron chi connectivity index (χ4n) is 2.35. The molecular formula is C13H22N2O3S2. The molecule has 2 amide bonds. The van der Waals surface area contributed by atoms with Crippen LogP contribution >= 0.6 is 23.5 Å². The normalized spacial score (nSPS) is 24.2. The monoisotopic (exact) mass is 318 g/mol. The molecule has 0 saturated carbocycles. The highest BCUT2D eigenvalue weighted by Gasteiger charge is 2.28. The van der Waals surface area contributed by atoms with Gasteiger partial charge in [0.2, 0.25) is 5.91 Å². The van der Waals surface area contributed by atoms with E-state index in [1.54, 1.807) is 16.7 Å². The molecule has 0 unspecified atom stereocenters. The number of piperidine rings is 1. The van der Waals surface area contributed by atoms with Crippen molar-refractivity contribution in [2.75, 3.05) is 37.0 Å². The lowest BCUT2D eigenvalue weighted by molar-refractivity contribution is -0.121. The second-order valence-electron chi connectivity index (χ2n) is 4.90. The number of thioether (sulfide) groups is 2. The Hall–Kier alpha value is -0.560. The Labute approximate surface area is 128 Å². The average molecular weight is 318 g/mol. The first kappa shape index (κ1) is 15.8. The van der Waals surface area contributed by atoms with Crippen molar-refractivity contribution in [2.24, 2.45) is 0 Å². The van der Waals surface area contributed by atoms with Crippen LogP contribution in [0.25, 0.3) is 0 Å². The summed E-state index contributed by atoms with van der Waals surface area (Å²) in [5.41, 5.74) is 0. The molecule has 1 N–H and O–H groups in total. The topological polar surface area (TPSA) is 58.6 Å². The Bertz CT molecular complexity index is 341. The third kappa shape index (κ3) is 4.48. The number of nitrogens with zero attached hydrogens (tertiary/aromatic N) is 1. The van der Waals surface area contributed by atoms with Crippen molar-refractivity contribution in [1.82, 2.24) is 10.2 Å². The van der Waals surface area contributed by atoms with Crippen LogP contribution in [0.1, 0.15) is 19.8 Å². The summed E-state index contributed by atoms with van der Waals surface area (Å²) in [7, 11) is 0. The van der Waals surface area contributed by atoms with E-state index in [1.165, 1.54) is 0 Å². The Morgan fingerprint density at radius 1 is 1.30 bits per heavy atom. The molecule has 2 fully saturated rings. The van der Waals surface area contributed by atoms with Crippen LogP contribution in [0.15, 0.2) is 0 Å². The van der Waals surface area contributed by atoms with E-state index in [0.29, 0.717) is 19.7 Å². The predicted octanol–water partition coefficient (Wildman–Crippen LogP) is 1.57. The summed E-state index contributed by atoms with van der Waals surface area (Å²) in [4.78, 5) is 25.4. The molecule has 0 aromatic heterocycles. The van der Waals surface area contributed by atoms with Crippen LogP contribution in [-0.4, -0.2) is 65.1 Å². The molecule has 0 aliphatic carbocycles. The summed E-state index contributed by atoms with van der Waals surface area (Å²) in [5, 5.41) is 3.22. The largest absolute Gasteiger partial charge is 0.450 e. The SMILES string of the molecule is CCOC(=O)N1CCC(NC(=O)[C@@H]2CSCCS2)CC1. The maximum absolute atomic E-state index is 12.1. The maximum atomic E-state index is 12.1. The van der Waals surface area contributed by atoms with Gasteiger partial charge >= 0.3 is 6.09 Å². The summed E-state index contributed by atoms with van der Waals surface area (Å²) in [6, 6.07) is 0.195. The standard InChI is InChI=1S/C13H22N2O3S2/c1-2-18-13(17)15-5-3-10(4-6-15)14-12(16)11-9-19-7-8-20-11/h10-11H,2-9H2,1H3,(H,14,16)/t11-/m0/s1. The number of carbonyl (C=O) groups is 2. The third-order valence-electron chi connectivity index (χ3n) is 3.48. The maximum Gasteiger partial charge on any atom is 0.409 e. The molecule has 0 aromatic rings. The molecule has 20 heavy (non-hydrogen) atoms. The van der Waals surface area contributed by atoms with Crippen molar-refractivity contribution < 1.29 is 14.3 Å². The van der Waals surface area contributed by atoms with Gasteiger partial charge in [0, 0.05) is 36.4 Å². The van der Waals surface area contributed by atoms with Crippen LogP contribution in [0, 0.1) is 0 Å². The summed E-state index contributed by atoms with van der Waals surface area (Å²) in [6.07, 6.45) is 1.39. The number of hydrogen-bond acceptors (Lipinski definition) is 5. The molecular weight excluding hydrogens is 296 g/mol. The zero-order valence-corrected chi connectivity index (χ0v) is 13.4. The minimum absolute atomic E-state index is 0.0943. The molecule has 1 atom stereocenters. The van der Waals surface area contributed by atoms with E-state index in [2.05, 4.69) is 5.32 Å². The second-order valence-corrected chi connectivity index (χ2v) is 7.36. The highest BCUT2D eigenvalue weighted by atomic mass is 32.2. The van der Waals surface area contributed by atoms with Gasteiger partial charge in [0.05, 0.1) is 11.9 Å². The number of hydrogen-bond donors (Lipinski definition) is 1. The van der Waals surface area contributed by atoms with Crippen molar-refractivity contribution in [1.29, 1.82) is 0 Å². The van der Waals surface area contributed by atoms with Gasteiger partial charge in [0.1, 0.15) is 0 Å². The lowest BCUT2D eigenvalue weighted by Gasteiger charge is -2.32. The summed E-state index contributed by atoms with van der Waals surface area (Å²) < 4.78 is 4.99. The molecule has 0 radical (unpaired) electrons. The molecule has 0 bridgehead atoms. The van der Waals surface area contributed by atoms with Crippen LogP contribution in [-0.2, 0) is 9.53 Å². The molecule has 2 aliphatic heterocycles. The van der Waals surface area contributed by atoms with Crippen LogP contribution in [0.5, 0.6) is 0 Å². The Kier molecular flexibility index (Phi) is 6.35. The molecule has 2 rings (SSSR count). The summed E-state index contributed by atoms with van der Waals surface area (Å²) in [5.74, 6) is 3.28. The van der Waals surface area contributed by atoms with E-state index in [9.17, 15) is 9.59 Å². The van der Waals surface area contributed by atoms with Crippen LogP contribution in [0.2, 0.25) is 0 Å². The predicted molar refractivity (Wildman–Crippen MR) is 83.3 cm³/mol. The first-order valence-corrected chi connectivity index (χ1v) is 9.32. The minimum atomic E-state index is -0.239. The third-order valence-corrected chi connectivity index (χ3v) is 6.23. The molecule has 2 aliphatic rings. The number of carbonyl (C=O) groups excluding carboxylic acids is 2. The lowest BCUT2D eigenvalue weighted by Crippen LogP contribution is -2.49. The van der Waals surface area contributed by atoms with E-state index >= 15 is 0 Å². The smallest absolute Gasteiger partial charge is 0.409 e. The Balaban J connectivity index is 1.71. The molecule has 2 saturated heterocycles. The fourth-order valence-corrected chi connectivity index (χ4v) is 4.92. The van der Waals surface area contributed by atoms with Gasteiger partial charge in [-0.15, -0.1) is 11.8 Å². The summed E-state index contributed by atoms with van der Waals surface area (Å²) >= 11 is 3.61. The molecule has 7 heteroatoms. The van der Waals surface area contributed by atoms with Crippen molar-refractivity contribution in [3.05, 3.63) is 0 Å². The van der Waals surface area contributed by atoms with Crippen LogP contribution in [0.4, 0.5) is 4.79 Å². The number of nitrogens with one attached hydrogen (secondary N) is 1. The van der Waals surface area contributed by atoms with E-state index in [-0.39, 0.29) is 23.3 Å². The number of ether oxygens (including phenoxy) is 1. The zero-order chi connectivity index (χ0) is 14.4. The zero-order valence-electron chi connectivity index (χ0n) is 11.8. The van der Waals surface area contributed by atoms with Gasteiger partial charge in [0.25, 0.3) is 0 Å². The van der Waals surface area contributed by atoms with E-state index in [1.807, 2.05) is 18.7 Å². The van der Waals surface area contributed by atoms with Crippen molar-refractivity contribution in [3.63, 3.8) is 0 Å². The van der Waals surface area contributed by atoms with Gasteiger partial charge in [-0.25, -0.2) is 4.79 Å². The minimum Gasteiger partial charge on any atom is -0.450 e. The highest BCUT2D eigenvalue weighted by molar-refractivity contribution is 8.07. The van der Waals surface area contributed by atoms with Gasteiger partial charge in [-0.3, -0.25) is 4.79 Å². The van der Waals surface area contributed by atoms with Crippen LogP contribution < -0.4 is 5.32 Å². The summed E-state index contributed by atoms with van der Waals surface area (Å²) in [6.45, 7) is 3.55. The van der Waals surface area contributed by atoms with Gasteiger partial charge < -0.3 is 15.0 Å². The first-order valence-electron chi connectivity index (χ1n) is 7.12.